The highest BCUT2D eigenvalue weighted by molar-refractivity contribution is 7.87. The first-order valence-electron chi connectivity index (χ1n) is 6.84. The molecule has 0 atom stereocenters. The van der Waals surface area contributed by atoms with Crippen LogP contribution in [0.2, 0.25) is 0 Å². The number of aryl methyl sites for hydroxylation is 1. The van der Waals surface area contributed by atoms with Gasteiger partial charge in [0.05, 0.1) is 5.25 Å². The zero-order valence-electron chi connectivity index (χ0n) is 12.4. The molecule has 0 bridgehead atoms. The van der Waals surface area contributed by atoms with Gasteiger partial charge in [-0.25, -0.2) is 0 Å². The Morgan fingerprint density at radius 1 is 1.16 bits per heavy atom. The van der Waals surface area contributed by atoms with Gasteiger partial charge in [-0.3, -0.25) is 0 Å². The molecule has 0 amide bonds. The number of rotatable bonds is 6. The van der Waals surface area contributed by atoms with Gasteiger partial charge in [0.1, 0.15) is 5.75 Å². The fourth-order valence-electron chi connectivity index (χ4n) is 1.89. The zero-order chi connectivity index (χ0) is 14.6. The van der Waals surface area contributed by atoms with Crippen LogP contribution in [0, 0.1) is 0 Å². The Hall–Kier alpha value is -1.03. The second-order valence-corrected chi connectivity index (χ2v) is 7.49. The highest BCUT2D eigenvalue weighted by Crippen LogP contribution is 2.27. The molecule has 0 saturated carbocycles. The van der Waals surface area contributed by atoms with E-state index in [4.69, 9.17) is 4.18 Å². The number of benzene rings is 1. The number of hydrogen-bond donors (Lipinski definition) is 0. The van der Waals surface area contributed by atoms with E-state index in [0.717, 1.165) is 12.8 Å². The average Bonchev–Trinajstić information content (AvgIpc) is 2.30. The van der Waals surface area contributed by atoms with Crippen LogP contribution in [-0.4, -0.2) is 13.7 Å². The van der Waals surface area contributed by atoms with Crippen LogP contribution in [0.25, 0.3) is 0 Å². The van der Waals surface area contributed by atoms with Gasteiger partial charge in [-0.05, 0) is 49.4 Å². The summed E-state index contributed by atoms with van der Waals surface area (Å²) in [6.07, 6.45) is 2.08. The Balaban J connectivity index is 3.09. The van der Waals surface area contributed by atoms with Crippen LogP contribution in [0.1, 0.15) is 58.1 Å². The Morgan fingerprint density at radius 3 is 2.26 bits per heavy atom. The van der Waals surface area contributed by atoms with Crippen molar-refractivity contribution in [1.29, 1.82) is 0 Å². The molecule has 0 fully saturated rings. The third kappa shape index (κ3) is 4.23. The maximum atomic E-state index is 11.8. The lowest BCUT2D eigenvalue weighted by Gasteiger charge is -2.15. The first kappa shape index (κ1) is 16.0. The SMILES string of the molecule is CCCc1ccc(OS(=O)(=O)C(C)C)cc1C(C)C. The minimum Gasteiger partial charge on any atom is -0.382 e. The minimum absolute atomic E-state index is 0.354. The first-order valence-corrected chi connectivity index (χ1v) is 8.31. The molecular formula is C15H24O3S. The summed E-state index contributed by atoms with van der Waals surface area (Å²) in [4.78, 5) is 0. The third-order valence-corrected chi connectivity index (χ3v) is 4.63. The van der Waals surface area contributed by atoms with Crippen molar-refractivity contribution in [3.8, 4) is 5.75 Å². The fraction of sp³-hybridized carbons (Fsp3) is 0.600. The lowest BCUT2D eigenvalue weighted by molar-refractivity contribution is 0.476. The standard InChI is InChI=1S/C15H24O3S/c1-6-7-13-8-9-14(10-15(13)11(2)3)18-19(16,17)12(4)5/h8-12H,6-7H2,1-5H3. The molecule has 0 aliphatic heterocycles. The monoisotopic (exact) mass is 284 g/mol. The fourth-order valence-corrected chi connectivity index (χ4v) is 2.45. The average molecular weight is 284 g/mol. The van der Waals surface area contributed by atoms with Crippen LogP contribution >= 0.6 is 0 Å². The van der Waals surface area contributed by atoms with E-state index < -0.39 is 15.4 Å². The quantitative estimate of drug-likeness (QED) is 0.745. The Bertz CT molecular complexity index is 516. The van der Waals surface area contributed by atoms with Crippen molar-refractivity contribution in [3.63, 3.8) is 0 Å². The van der Waals surface area contributed by atoms with E-state index in [0.29, 0.717) is 11.7 Å². The molecule has 0 saturated heterocycles. The van der Waals surface area contributed by atoms with Crippen molar-refractivity contribution in [3.05, 3.63) is 29.3 Å². The molecule has 0 aliphatic carbocycles. The highest BCUT2D eigenvalue weighted by Gasteiger charge is 2.19. The van der Waals surface area contributed by atoms with Gasteiger partial charge in [-0.15, -0.1) is 0 Å². The Morgan fingerprint density at radius 2 is 1.79 bits per heavy atom. The van der Waals surface area contributed by atoms with E-state index in [1.54, 1.807) is 19.9 Å². The predicted molar refractivity (Wildman–Crippen MR) is 79.2 cm³/mol. The summed E-state index contributed by atoms with van der Waals surface area (Å²) in [5.74, 6) is 0.768. The summed E-state index contributed by atoms with van der Waals surface area (Å²) in [6.45, 7) is 9.58. The molecule has 1 aromatic rings. The van der Waals surface area contributed by atoms with Gasteiger partial charge >= 0.3 is 10.1 Å². The normalized spacial score (nSPS) is 12.2. The summed E-state index contributed by atoms with van der Waals surface area (Å²) < 4.78 is 28.7. The van der Waals surface area contributed by atoms with Crippen molar-refractivity contribution in [1.82, 2.24) is 0 Å². The van der Waals surface area contributed by atoms with Crippen LogP contribution in [-0.2, 0) is 16.5 Å². The van der Waals surface area contributed by atoms with Crippen LogP contribution in [0.5, 0.6) is 5.75 Å². The molecule has 0 N–H and O–H groups in total. The molecule has 0 aliphatic rings. The van der Waals surface area contributed by atoms with Crippen LogP contribution in [0.3, 0.4) is 0 Å². The van der Waals surface area contributed by atoms with Crippen molar-refractivity contribution in [2.75, 3.05) is 0 Å². The van der Waals surface area contributed by atoms with E-state index in [2.05, 4.69) is 20.8 Å². The molecule has 0 radical (unpaired) electrons. The Kier molecular flexibility index (Phi) is 5.41. The summed E-state index contributed by atoms with van der Waals surface area (Å²) in [6, 6.07) is 5.58. The highest BCUT2D eigenvalue weighted by atomic mass is 32.2. The van der Waals surface area contributed by atoms with Crippen molar-refractivity contribution in [2.45, 2.75) is 58.6 Å². The van der Waals surface area contributed by atoms with Gasteiger partial charge in [0.2, 0.25) is 0 Å². The van der Waals surface area contributed by atoms with Crippen LogP contribution in [0.4, 0.5) is 0 Å². The first-order chi connectivity index (χ1) is 8.77. The molecule has 0 unspecified atom stereocenters. The summed E-state index contributed by atoms with van der Waals surface area (Å²) >= 11 is 0. The third-order valence-electron chi connectivity index (χ3n) is 3.05. The van der Waals surface area contributed by atoms with E-state index in [9.17, 15) is 8.42 Å². The summed E-state index contributed by atoms with van der Waals surface area (Å²) in [7, 11) is -3.52. The molecule has 0 spiro atoms. The molecule has 1 rings (SSSR count). The molecular weight excluding hydrogens is 260 g/mol. The van der Waals surface area contributed by atoms with Gasteiger partial charge in [-0.1, -0.05) is 33.3 Å². The van der Waals surface area contributed by atoms with Gasteiger partial charge in [-0.2, -0.15) is 8.42 Å². The molecule has 3 nitrogen and oxygen atoms in total. The molecule has 19 heavy (non-hydrogen) atoms. The van der Waals surface area contributed by atoms with Crippen molar-refractivity contribution < 1.29 is 12.6 Å². The second kappa shape index (κ2) is 6.42. The van der Waals surface area contributed by atoms with E-state index in [-0.39, 0.29) is 0 Å². The zero-order valence-corrected chi connectivity index (χ0v) is 13.3. The molecule has 0 heterocycles. The topological polar surface area (TPSA) is 43.4 Å². The van der Waals surface area contributed by atoms with Gasteiger partial charge in [0, 0.05) is 0 Å². The van der Waals surface area contributed by atoms with Crippen molar-refractivity contribution in [2.24, 2.45) is 0 Å². The second-order valence-electron chi connectivity index (χ2n) is 5.39. The summed E-state index contributed by atoms with van der Waals surface area (Å²) in [5, 5.41) is -0.537. The maximum Gasteiger partial charge on any atom is 0.311 e. The maximum absolute atomic E-state index is 11.8. The van der Waals surface area contributed by atoms with Crippen molar-refractivity contribution >= 4 is 10.1 Å². The van der Waals surface area contributed by atoms with Gasteiger partial charge < -0.3 is 4.18 Å². The molecule has 108 valence electrons. The molecule has 4 heteroatoms. The summed E-state index contributed by atoms with van der Waals surface area (Å²) in [5.41, 5.74) is 2.44. The number of hydrogen-bond acceptors (Lipinski definition) is 3. The van der Waals surface area contributed by atoms with Crippen LogP contribution < -0.4 is 4.18 Å². The lowest BCUT2D eigenvalue weighted by atomic mass is 9.94. The van der Waals surface area contributed by atoms with Gasteiger partial charge in [0.15, 0.2) is 0 Å². The van der Waals surface area contributed by atoms with E-state index in [1.165, 1.54) is 11.1 Å². The largest absolute Gasteiger partial charge is 0.382 e. The minimum atomic E-state index is -3.52. The molecule has 0 aromatic heterocycles. The smallest absolute Gasteiger partial charge is 0.311 e. The van der Waals surface area contributed by atoms with E-state index in [1.807, 2.05) is 12.1 Å². The Labute approximate surface area is 117 Å². The molecule has 1 aromatic carbocycles. The van der Waals surface area contributed by atoms with Gasteiger partial charge in [0.25, 0.3) is 0 Å². The van der Waals surface area contributed by atoms with E-state index >= 15 is 0 Å². The lowest BCUT2D eigenvalue weighted by Crippen LogP contribution is -2.20. The van der Waals surface area contributed by atoms with Crippen LogP contribution in [0.15, 0.2) is 18.2 Å². The predicted octanol–water partition coefficient (Wildman–Crippen LogP) is 3.88.